The molecular formula is C73H138O6. The van der Waals surface area contributed by atoms with Gasteiger partial charge in [0.2, 0.25) is 0 Å². The number of rotatable bonds is 67. The van der Waals surface area contributed by atoms with Crippen LogP contribution in [0.1, 0.15) is 406 Å². The lowest BCUT2D eigenvalue weighted by Crippen LogP contribution is -2.30. The molecule has 0 radical (unpaired) electrons. The van der Waals surface area contributed by atoms with Crippen molar-refractivity contribution in [3.8, 4) is 0 Å². The molecule has 0 heterocycles. The smallest absolute Gasteiger partial charge is 0.306 e. The number of esters is 3. The monoisotopic (exact) mass is 1110 g/mol. The summed E-state index contributed by atoms with van der Waals surface area (Å²) in [6.45, 7) is 6.68. The summed E-state index contributed by atoms with van der Waals surface area (Å²) >= 11 is 0. The van der Waals surface area contributed by atoms with E-state index in [1.807, 2.05) is 0 Å². The largest absolute Gasteiger partial charge is 0.462 e. The van der Waals surface area contributed by atoms with Gasteiger partial charge in [0.15, 0.2) is 6.10 Å². The van der Waals surface area contributed by atoms with Gasteiger partial charge in [0.1, 0.15) is 13.2 Å². The lowest BCUT2D eigenvalue weighted by molar-refractivity contribution is -0.167. The van der Waals surface area contributed by atoms with E-state index in [0.29, 0.717) is 19.3 Å². The second-order valence-electron chi connectivity index (χ2n) is 24.5. The third-order valence-corrected chi connectivity index (χ3v) is 16.5. The predicted molar refractivity (Wildman–Crippen MR) is 344 cm³/mol. The molecule has 6 nitrogen and oxygen atoms in total. The van der Waals surface area contributed by atoms with Crippen LogP contribution in [0.25, 0.3) is 0 Å². The molecular weight excluding hydrogens is 973 g/mol. The minimum Gasteiger partial charge on any atom is -0.462 e. The fourth-order valence-corrected chi connectivity index (χ4v) is 11.1. The number of unbranched alkanes of at least 4 members (excludes halogenated alkanes) is 52. The summed E-state index contributed by atoms with van der Waals surface area (Å²) in [7, 11) is 0. The molecule has 0 amide bonds. The van der Waals surface area contributed by atoms with Crippen molar-refractivity contribution in [1.29, 1.82) is 0 Å². The third kappa shape index (κ3) is 66.6. The highest BCUT2D eigenvalue weighted by atomic mass is 16.6. The number of allylic oxidation sites excluding steroid dienone is 4. The van der Waals surface area contributed by atoms with Crippen LogP contribution in [0, 0.1) is 0 Å². The standard InChI is InChI=1S/C73H138O6/c1-4-7-10-13-16-19-21-23-25-27-29-31-33-35-36-37-38-39-41-42-44-46-48-50-52-54-57-60-63-66-72(75)78-69-70(68-77-71(74)65-62-59-56-18-15-12-9-6-3)79-73(76)67-64-61-58-55-53-51-49-47-45-43-40-34-32-30-28-26-24-22-20-17-14-11-8-5-2/h21,23,27,29,70H,4-20,22,24-26,28,30-69H2,1-3H3/b23-21-,29-27-. The third-order valence-electron chi connectivity index (χ3n) is 16.5. The zero-order valence-corrected chi connectivity index (χ0v) is 53.7. The molecule has 0 aliphatic heterocycles. The van der Waals surface area contributed by atoms with E-state index < -0.39 is 6.10 Å². The molecule has 0 saturated heterocycles. The molecule has 0 N–H and O–H groups in total. The summed E-state index contributed by atoms with van der Waals surface area (Å²) in [5.41, 5.74) is 0. The van der Waals surface area contributed by atoms with E-state index in [1.54, 1.807) is 0 Å². The van der Waals surface area contributed by atoms with Crippen molar-refractivity contribution in [2.45, 2.75) is 412 Å². The van der Waals surface area contributed by atoms with E-state index in [2.05, 4.69) is 45.1 Å². The predicted octanol–water partition coefficient (Wildman–Crippen LogP) is 24.6. The van der Waals surface area contributed by atoms with Gasteiger partial charge in [-0.15, -0.1) is 0 Å². The highest BCUT2D eigenvalue weighted by Crippen LogP contribution is 2.19. The number of hydrogen-bond acceptors (Lipinski definition) is 6. The molecule has 1 atom stereocenters. The van der Waals surface area contributed by atoms with E-state index in [4.69, 9.17) is 14.2 Å². The quantitative estimate of drug-likeness (QED) is 0.0261. The van der Waals surface area contributed by atoms with Crippen molar-refractivity contribution in [2.75, 3.05) is 13.2 Å². The van der Waals surface area contributed by atoms with E-state index in [9.17, 15) is 14.4 Å². The molecule has 466 valence electrons. The first-order valence-corrected chi connectivity index (χ1v) is 35.8. The van der Waals surface area contributed by atoms with Gasteiger partial charge in [-0.3, -0.25) is 14.4 Å². The molecule has 0 saturated carbocycles. The Balaban J connectivity index is 4.04. The molecule has 0 spiro atoms. The maximum absolute atomic E-state index is 12.9. The first-order valence-electron chi connectivity index (χ1n) is 35.8. The Morgan fingerprint density at radius 2 is 0.456 bits per heavy atom. The summed E-state index contributed by atoms with van der Waals surface area (Å²) in [6, 6.07) is 0. The van der Waals surface area contributed by atoms with Crippen molar-refractivity contribution in [3.05, 3.63) is 24.3 Å². The fraction of sp³-hybridized carbons (Fsp3) is 0.904. The molecule has 0 aromatic heterocycles. The van der Waals surface area contributed by atoms with Gasteiger partial charge in [-0.25, -0.2) is 0 Å². The van der Waals surface area contributed by atoms with E-state index in [-0.39, 0.29) is 31.1 Å². The number of carbonyl (C=O) groups excluding carboxylic acids is 3. The molecule has 0 rings (SSSR count). The Morgan fingerprint density at radius 1 is 0.253 bits per heavy atom. The van der Waals surface area contributed by atoms with Crippen molar-refractivity contribution in [1.82, 2.24) is 0 Å². The Hall–Kier alpha value is -2.11. The van der Waals surface area contributed by atoms with Crippen LogP contribution < -0.4 is 0 Å². The van der Waals surface area contributed by atoms with E-state index >= 15 is 0 Å². The van der Waals surface area contributed by atoms with E-state index in [0.717, 1.165) is 64.2 Å². The Bertz CT molecular complexity index is 1270. The molecule has 0 aliphatic rings. The number of hydrogen-bond donors (Lipinski definition) is 0. The topological polar surface area (TPSA) is 78.9 Å². The van der Waals surface area contributed by atoms with Crippen molar-refractivity contribution in [2.24, 2.45) is 0 Å². The van der Waals surface area contributed by atoms with Crippen molar-refractivity contribution in [3.63, 3.8) is 0 Å². The average Bonchev–Trinajstić information content (AvgIpc) is 3.45. The second kappa shape index (κ2) is 68.4. The number of carbonyl (C=O) groups is 3. The maximum Gasteiger partial charge on any atom is 0.306 e. The van der Waals surface area contributed by atoms with Crippen LogP contribution in [-0.4, -0.2) is 37.2 Å². The molecule has 6 heteroatoms. The SMILES string of the molecule is CCCCCCC/C=C\C/C=C\CCCCCCCCCCCCCCCCCCCC(=O)OCC(COC(=O)CCCCCCCCCC)OC(=O)CCCCCCCCCCCCCCCCCCCCCCCCCC. The summed E-state index contributed by atoms with van der Waals surface area (Å²) in [6.07, 6.45) is 83.8. The van der Waals surface area contributed by atoms with Crippen molar-refractivity contribution < 1.29 is 28.6 Å². The van der Waals surface area contributed by atoms with Crippen LogP contribution in [0.5, 0.6) is 0 Å². The second-order valence-corrected chi connectivity index (χ2v) is 24.5. The number of ether oxygens (including phenoxy) is 3. The summed E-state index contributed by atoms with van der Waals surface area (Å²) < 4.78 is 16.9. The first kappa shape index (κ1) is 76.9. The average molecular weight is 1110 g/mol. The summed E-state index contributed by atoms with van der Waals surface area (Å²) in [4.78, 5) is 38.2. The highest BCUT2D eigenvalue weighted by Gasteiger charge is 2.19. The molecule has 0 aromatic carbocycles. The van der Waals surface area contributed by atoms with Gasteiger partial charge >= 0.3 is 17.9 Å². The van der Waals surface area contributed by atoms with Crippen LogP contribution >= 0.6 is 0 Å². The van der Waals surface area contributed by atoms with Gasteiger partial charge in [0, 0.05) is 19.3 Å². The molecule has 1 unspecified atom stereocenters. The van der Waals surface area contributed by atoms with Gasteiger partial charge in [0.05, 0.1) is 0 Å². The maximum atomic E-state index is 12.9. The zero-order valence-electron chi connectivity index (χ0n) is 53.7. The van der Waals surface area contributed by atoms with Gasteiger partial charge < -0.3 is 14.2 Å². The lowest BCUT2D eigenvalue weighted by atomic mass is 10.0. The van der Waals surface area contributed by atoms with Crippen LogP contribution in [0.2, 0.25) is 0 Å². The van der Waals surface area contributed by atoms with Gasteiger partial charge in [0.25, 0.3) is 0 Å². The minimum absolute atomic E-state index is 0.0641. The Kier molecular flexibility index (Phi) is 66.6. The molecule has 0 bridgehead atoms. The van der Waals surface area contributed by atoms with Crippen LogP contribution in [0.15, 0.2) is 24.3 Å². The van der Waals surface area contributed by atoms with E-state index in [1.165, 1.54) is 302 Å². The molecule has 79 heavy (non-hydrogen) atoms. The summed E-state index contributed by atoms with van der Waals surface area (Å²) in [5.74, 6) is -0.837. The Morgan fingerprint density at radius 3 is 0.696 bits per heavy atom. The summed E-state index contributed by atoms with van der Waals surface area (Å²) in [5, 5.41) is 0. The van der Waals surface area contributed by atoms with Gasteiger partial charge in [-0.1, -0.05) is 360 Å². The van der Waals surface area contributed by atoms with Crippen LogP contribution in [-0.2, 0) is 28.6 Å². The normalized spacial score (nSPS) is 12.1. The van der Waals surface area contributed by atoms with Gasteiger partial charge in [-0.05, 0) is 51.4 Å². The van der Waals surface area contributed by atoms with Crippen molar-refractivity contribution >= 4 is 17.9 Å². The zero-order chi connectivity index (χ0) is 57.1. The minimum atomic E-state index is -0.765. The Labute approximate surface area is 493 Å². The molecule has 0 aromatic rings. The molecule has 0 fully saturated rings. The highest BCUT2D eigenvalue weighted by molar-refractivity contribution is 5.71. The van der Waals surface area contributed by atoms with Crippen LogP contribution in [0.3, 0.4) is 0 Å². The van der Waals surface area contributed by atoms with Crippen LogP contribution in [0.4, 0.5) is 0 Å². The molecule has 0 aliphatic carbocycles. The van der Waals surface area contributed by atoms with Gasteiger partial charge in [-0.2, -0.15) is 0 Å². The first-order chi connectivity index (χ1) is 39.0. The fourth-order valence-electron chi connectivity index (χ4n) is 11.1. The lowest BCUT2D eigenvalue weighted by Gasteiger charge is -2.18.